The summed E-state index contributed by atoms with van der Waals surface area (Å²) >= 11 is 1.31. The molecule has 8 heteroatoms. The third-order valence-corrected chi connectivity index (χ3v) is 5.96. The number of thiophene rings is 1. The predicted molar refractivity (Wildman–Crippen MR) is 84.3 cm³/mol. The molecular formula is C13H24N2O4S2. The zero-order valence-electron chi connectivity index (χ0n) is 12.8. The lowest BCUT2D eigenvalue weighted by Crippen LogP contribution is -2.25. The summed E-state index contributed by atoms with van der Waals surface area (Å²) in [5.41, 5.74) is 0.998. The predicted octanol–water partition coefficient (Wildman–Crippen LogP) is 1.11. The van der Waals surface area contributed by atoms with Crippen LogP contribution < -0.4 is 10.0 Å². The molecule has 122 valence electrons. The van der Waals surface area contributed by atoms with Crippen molar-refractivity contribution in [3.05, 3.63) is 16.5 Å². The summed E-state index contributed by atoms with van der Waals surface area (Å²) < 4.78 is 37.4. The number of aryl methyl sites for hydroxylation is 1. The van der Waals surface area contributed by atoms with Gasteiger partial charge in [-0.1, -0.05) is 0 Å². The largest absolute Gasteiger partial charge is 0.382 e. The summed E-state index contributed by atoms with van der Waals surface area (Å²) in [6.07, 6.45) is 0.636. The average Bonchev–Trinajstić information content (AvgIpc) is 2.81. The minimum absolute atomic E-state index is 0.366. The SMILES string of the molecule is CNCc1sc(S(=O)(=O)NCCCOCCOC)cc1C. The van der Waals surface area contributed by atoms with Crippen LogP contribution in [0.1, 0.15) is 16.9 Å². The van der Waals surface area contributed by atoms with Crippen molar-refractivity contribution in [3.63, 3.8) is 0 Å². The molecule has 0 aliphatic heterocycles. The fraction of sp³-hybridized carbons (Fsp3) is 0.692. The van der Waals surface area contributed by atoms with Crippen molar-refractivity contribution < 1.29 is 17.9 Å². The van der Waals surface area contributed by atoms with Gasteiger partial charge >= 0.3 is 0 Å². The second-order valence-corrected chi connectivity index (χ2v) is 7.69. The lowest BCUT2D eigenvalue weighted by molar-refractivity contribution is 0.0699. The van der Waals surface area contributed by atoms with E-state index < -0.39 is 10.0 Å². The fourth-order valence-electron chi connectivity index (χ4n) is 1.65. The van der Waals surface area contributed by atoms with Gasteiger partial charge in [-0.2, -0.15) is 0 Å². The van der Waals surface area contributed by atoms with Crippen molar-refractivity contribution in [2.75, 3.05) is 40.5 Å². The number of hydrogen-bond acceptors (Lipinski definition) is 6. The van der Waals surface area contributed by atoms with Crippen LogP contribution in [0.2, 0.25) is 0 Å². The van der Waals surface area contributed by atoms with Gasteiger partial charge in [-0.25, -0.2) is 13.1 Å². The van der Waals surface area contributed by atoms with Gasteiger partial charge in [-0.15, -0.1) is 11.3 Å². The molecule has 1 rings (SSSR count). The molecule has 0 saturated heterocycles. The minimum Gasteiger partial charge on any atom is -0.382 e. The smallest absolute Gasteiger partial charge is 0.250 e. The highest BCUT2D eigenvalue weighted by atomic mass is 32.2. The summed E-state index contributed by atoms with van der Waals surface area (Å²) in [5.74, 6) is 0. The lowest BCUT2D eigenvalue weighted by atomic mass is 10.3. The van der Waals surface area contributed by atoms with E-state index in [-0.39, 0.29) is 0 Å². The third-order valence-electron chi connectivity index (χ3n) is 2.79. The third kappa shape index (κ3) is 6.41. The maximum Gasteiger partial charge on any atom is 0.250 e. The number of hydrogen-bond donors (Lipinski definition) is 2. The van der Waals surface area contributed by atoms with E-state index in [4.69, 9.17) is 9.47 Å². The van der Waals surface area contributed by atoms with Gasteiger partial charge in [0.25, 0.3) is 0 Å². The lowest BCUT2D eigenvalue weighted by Gasteiger charge is -2.05. The Hall–Kier alpha value is -0.510. The molecule has 1 aromatic heterocycles. The maximum absolute atomic E-state index is 12.2. The highest BCUT2D eigenvalue weighted by Gasteiger charge is 2.18. The van der Waals surface area contributed by atoms with E-state index in [2.05, 4.69) is 10.0 Å². The number of sulfonamides is 1. The van der Waals surface area contributed by atoms with Crippen LogP contribution in [0.15, 0.2) is 10.3 Å². The van der Waals surface area contributed by atoms with Crippen LogP contribution >= 0.6 is 11.3 Å². The Morgan fingerprint density at radius 2 is 2.05 bits per heavy atom. The molecule has 0 unspecified atom stereocenters. The highest BCUT2D eigenvalue weighted by molar-refractivity contribution is 7.91. The molecular weight excluding hydrogens is 312 g/mol. The molecule has 0 atom stereocenters. The fourth-order valence-corrected chi connectivity index (χ4v) is 4.37. The second kappa shape index (κ2) is 9.50. The molecule has 1 aromatic rings. The van der Waals surface area contributed by atoms with Gasteiger partial charge in [0.05, 0.1) is 13.2 Å². The van der Waals surface area contributed by atoms with Gasteiger partial charge in [-0.3, -0.25) is 0 Å². The van der Waals surface area contributed by atoms with E-state index in [1.807, 2.05) is 14.0 Å². The van der Waals surface area contributed by atoms with Crippen molar-refractivity contribution in [2.24, 2.45) is 0 Å². The van der Waals surface area contributed by atoms with Gasteiger partial charge in [0.1, 0.15) is 4.21 Å². The molecule has 0 aliphatic rings. The zero-order valence-corrected chi connectivity index (χ0v) is 14.4. The molecule has 0 fully saturated rings. The average molecular weight is 336 g/mol. The molecule has 21 heavy (non-hydrogen) atoms. The molecule has 1 heterocycles. The van der Waals surface area contributed by atoms with E-state index >= 15 is 0 Å². The first kappa shape index (κ1) is 18.5. The van der Waals surface area contributed by atoms with Crippen molar-refractivity contribution in [2.45, 2.75) is 24.1 Å². The first-order chi connectivity index (χ1) is 10.0. The summed E-state index contributed by atoms with van der Waals surface area (Å²) in [4.78, 5) is 1.04. The van der Waals surface area contributed by atoms with Gasteiger partial charge in [0.15, 0.2) is 0 Å². The molecule has 0 aromatic carbocycles. The van der Waals surface area contributed by atoms with Crippen LogP contribution in [0.5, 0.6) is 0 Å². The first-order valence-electron chi connectivity index (χ1n) is 6.81. The first-order valence-corrected chi connectivity index (χ1v) is 9.11. The van der Waals surface area contributed by atoms with Crippen LogP contribution in [0.4, 0.5) is 0 Å². The molecule has 0 spiro atoms. The van der Waals surface area contributed by atoms with Crippen molar-refractivity contribution in [1.82, 2.24) is 10.0 Å². The van der Waals surface area contributed by atoms with E-state index in [0.717, 1.165) is 10.4 Å². The number of rotatable bonds is 11. The number of ether oxygens (including phenoxy) is 2. The molecule has 2 N–H and O–H groups in total. The van der Waals surface area contributed by atoms with Gasteiger partial charge in [-0.05, 0) is 32.0 Å². The van der Waals surface area contributed by atoms with E-state index in [9.17, 15) is 8.42 Å². The Morgan fingerprint density at radius 1 is 1.29 bits per heavy atom. The van der Waals surface area contributed by atoms with Crippen LogP contribution in [0.3, 0.4) is 0 Å². The number of methoxy groups -OCH3 is 1. The minimum atomic E-state index is -3.42. The molecule has 0 radical (unpaired) electrons. The Kier molecular flexibility index (Phi) is 8.38. The Balaban J connectivity index is 2.41. The van der Waals surface area contributed by atoms with Gasteiger partial charge in [0, 0.05) is 31.7 Å². The van der Waals surface area contributed by atoms with Crippen LogP contribution in [-0.4, -0.2) is 48.9 Å². The number of nitrogens with one attached hydrogen (secondary N) is 2. The molecule has 6 nitrogen and oxygen atoms in total. The quantitative estimate of drug-likeness (QED) is 0.592. The van der Waals surface area contributed by atoms with Crippen molar-refractivity contribution >= 4 is 21.4 Å². The molecule has 0 saturated carbocycles. The summed E-state index contributed by atoms with van der Waals surface area (Å²) in [7, 11) is 0.0392. The highest BCUT2D eigenvalue weighted by Crippen LogP contribution is 2.25. The van der Waals surface area contributed by atoms with Crippen molar-refractivity contribution in [1.29, 1.82) is 0 Å². The summed E-state index contributed by atoms with van der Waals surface area (Å²) in [6.45, 7) is 4.56. The Morgan fingerprint density at radius 3 is 2.71 bits per heavy atom. The summed E-state index contributed by atoms with van der Waals surface area (Å²) in [5, 5.41) is 3.03. The van der Waals surface area contributed by atoms with Crippen LogP contribution in [-0.2, 0) is 26.0 Å². The maximum atomic E-state index is 12.2. The molecule has 0 bridgehead atoms. The summed E-state index contributed by atoms with van der Waals surface area (Å²) in [6, 6.07) is 1.72. The van der Waals surface area contributed by atoms with Crippen molar-refractivity contribution in [3.8, 4) is 0 Å². The van der Waals surface area contributed by atoms with Gasteiger partial charge < -0.3 is 14.8 Å². The van der Waals surface area contributed by atoms with E-state index in [1.165, 1.54) is 11.3 Å². The topological polar surface area (TPSA) is 76.7 Å². The Bertz CT molecular complexity index is 514. The monoisotopic (exact) mass is 336 g/mol. The normalized spacial score (nSPS) is 12.0. The zero-order chi connectivity index (χ0) is 15.7. The Labute approximate surface area is 130 Å². The van der Waals surface area contributed by atoms with E-state index in [0.29, 0.717) is 43.5 Å². The standard InChI is InChI=1S/C13H24N2O4S2/c1-11-9-13(20-12(11)10-14-2)21(16,17)15-5-4-6-19-8-7-18-3/h9,14-15H,4-8,10H2,1-3H3. The van der Waals surface area contributed by atoms with Crippen LogP contribution in [0, 0.1) is 6.92 Å². The second-order valence-electron chi connectivity index (χ2n) is 4.56. The van der Waals surface area contributed by atoms with Gasteiger partial charge in [0.2, 0.25) is 10.0 Å². The van der Waals surface area contributed by atoms with Crippen LogP contribution in [0.25, 0.3) is 0 Å². The molecule has 0 aliphatic carbocycles. The molecule has 0 amide bonds. The van der Waals surface area contributed by atoms with E-state index in [1.54, 1.807) is 13.2 Å².